The Hall–Kier alpha value is -2.60. The van der Waals surface area contributed by atoms with Crippen LogP contribution in [0, 0.1) is 5.92 Å². The molecule has 2 aliphatic rings. The monoisotopic (exact) mass is 435 g/mol. The highest BCUT2D eigenvalue weighted by Crippen LogP contribution is 2.31. The minimum absolute atomic E-state index is 0.0143. The fraction of sp³-hybridized carbons (Fsp3) is 0.440. The second-order valence-corrected chi connectivity index (χ2v) is 9.61. The van der Waals surface area contributed by atoms with E-state index in [4.69, 9.17) is 0 Å². The Morgan fingerprint density at radius 2 is 1.94 bits per heavy atom. The molecule has 1 aliphatic carbocycles. The normalized spacial score (nSPS) is 19.4. The lowest BCUT2D eigenvalue weighted by atomic mass is 9.87. The highest BCUT2D eigenvalue weighted by atomic mass is 32.1. The predicted molar refractivity (Wildman–Crippen MR) is 124 cm³/mol. The number of rotatable bonds is 4. The van der Waals surface area contributed by atoms with Gasteiger partial charge in [-0.25, -0.2) is 0 Å². The molecule has 1 saturated heterocycles. The van der Waals surface area contributed by atoms with Crippen molar-refractivity contribution >= 4 is 33.4 Å². The molecule has 2 aromatic heterocycles. The van der Waals surface area contributed by atoms with E-state index >= 15 is 0 Å². The largest absolute Gasteiger partial charge is 0.349 e. The zero-order valence-electron chi connectivity index (χ0n) is 18.0. The van der Waals surface area contributed by atoms with E-state index < -0.39 is 0 Å². The highest BCUT2D eigenvalue weighted by molar-refractivity contribution is 7.17. The van der Waals surface area contributed by atoms with Gasteiger partial charge in [-0.3, -0.25) is 9.59 Å². The van der Waals surface area contributed by atoms with Gasteiger partial charge in [0.1, 0.15) is 5.69 Å². The first kappa shape index (κ1) is 20.3. The second kappa shape index (κ2) is 8.50. The summed E-state index contributed by atoms with van der Waals surface area (Å²) in [5.41, 5.74) is 4.54. The molecule has 1 atom stereocenters. The van der Waals surface area contributed by atoms with Crippen molar-refractivity contribution in [2.75, 3.05) is 13.1 Å². The SMILES string of the molecule is CCn1c(C(=O)N2CCC(C(=O)N[C@H]3CCCc4ccccc43)CC2)cc2sccc21. The van der Waals surface area contributed by atoms with Gasteiger partial charge in [-0.05, 0) is 67.7 Å². The summed E-state index contributed by atoms with van der Waals surface area (Å²) in [6.45, 7) is 4.14. The molecule has 1 aliphatic heterocycles. The third-order valence-electron chi connectivity index (χ3n) is 6.90. The van der Waals surface area contributed by atoms with Crippen molar-refractivity contribution in [3.63, 3.8) is 0 Å². The van der Waals surface area contributed by atoms with Gasteiger partial charge in [0, 0.05) is 25.6 Å². The molecule has 6 heteroatoms. The van der Waals surface area contributed by atoms with Gasteiger partial charge in [-0.1, -0.05) is 24.3 Å². The van der Waals surface area contributed by atoms with E-state index in [9.17, 15) is 9.59 Å². The summed E-state index contributed by atoms with van der Waals surface area (Å²) in [4.78, 5) is 28.1. The van der Waals surface area contributed by atoms with Gasteiger partial charge in [0.15, 0.2) is 0 Å². The predicted octanol–water partition coefficient (Wildman–Crippen LogP) is 4.77. The van der Waals surface area contributed by atoms with E-state index in [1.165, 1.54) is 11.1 Å². The number of piperidine rings is 1. The summed E-state index contributed by atoms with van der Waals surface area (Å²) >= 11 is 1.67. The molecule has 31 heavy (non-hydrogen) atoms. The third-order valence-corrected chi connectivity index (χ3v) is 7.75. The molecule has 5 rings (SSSR count). The standard InChI is InChI=1S/C25H29N3O2S/c1-2-28-21-12-15-31-23(21)16-22(28)25(30)27-13-10-18(11-14-27)24(29)26-20-9-5-7-17-6-3-4-8-19(17)20/h3-4,6,8,12,15-16,18,20H,2,5,7,9-11,13-14H2,1H3,(H,26,29)/t20-/m0/s1. The zero-order chi connectivity index (χ0) is 21.4. The van der Waals surface area contributed by atoms with Crippen LogP contribution in [0.3, 0.4) is 0 Å². The minimum atomic E-state index is -0.0143. The maximum absolute atomic E-state index is 13.2. The van der Waals surface area contributed by atoms with Crippen LogP contribution in [-0.2, 0) is 17.8 Å². The van der Waals surface area contributed by atoms with E-state index in [-0.39, 0.29) is 23.8 Å². The van der Waals surface area contributed by atoms with Gasteiger partial charge in [0.05, 0.1) is 16.3 Å². The number of thiophene rings is 1. The summed E-state index contributed by atoms with van der Waals surface area (Å²) in [5, 5.41) is 5.38. The maximum atomic E-state index is 13.2. The Bertz CT molecular complexity index is 1110. The number of fused-ring (bicyclic) bond motifs is 2. The molecular formula is C25H29N3O2S. The molecule has 3 heterocycles. The zero-order valence-corrected chi connectivity index (χ0v) is 18.8. The summed E-state index contributed by atoms with van der Waals surface area (Å²) < 4.78 is 3.26. The highest BCUT2D eigenvalue weighted by Gasteiger charge is 2.31. The lowest BCUT2D eigenvalue weighted by Crippen LogP contribution is -2.44. The van der Waals surface area contributed by atoms with Gasteiger partial charge in [0.25, 0.3) is 5.91 Å². The van der Waals surface area contributed by atoms with E-state index in [1.54, 1.807) is 11.3 Å². The first-order chi connectivity index (χ1) is 15.2. The molecule has 0 spiro atoms. The second-order valence-electron chi connectivity index (χ2n) is 8.66. The van der Waals surface area contributed by atoms with E-state index in [0.29, 0.717) is 13.1 Å². The first-order valence-electron chi connectivity index (χ1n) is 11.4. The molecule has 0 radical (unpaired) electrons. The van der Waals surface area contributed by atoms with Crippen molar-refractivity contribution < 1.29 is 9.59 Å². The van der Waals surface area contributed by atoms with E-state index in [0.717, 1.165) is 54.6 Å². The number of hydrogen-bond acceptors (Lipinski definition) is 3. The molecule has 0 saturated carbocycles. The van der Waals surface area contributed by atoms with Gasteiger partial charge >= 0.3 is 0 Å². The number of nitrogens with zero attached hydrogens (tertiary/aromatic N) is 2. The smallest absolute Gasteiger partial charge is 0.270 e. The lowest BCUT2D eigenvalue weighted by molar-refractivity contribution is -0.127. The fourth-order valence-electron chi connectivity index (χ4n) is 5.20. The average molecular weight is 436 g/mol. The number of aryl methyl sites for hydroxylation is 2. The summed E-state index contributed by atoms with van der Waals surface area (Å²) in [6.07, 6.45) is 4.68. The number of nitrogens with one attached hydrogen (secondary N) is 1. The number of likely N-dealkylation sites (tertiary alicyclic amines) is 1. The number of aromatic nitrogens is 1. The summed E-state index contributed by atoms with van der Waals surface area (Å²) in [6, 6.07) is 12.7. The Kier molecular flexibility index (Phi) is 5.57. The van der Waals surface area contributed by atoms with Crippen LogP contribution in [0.4, 0.5) is 0 Å². The molecule has 1 fully saturated rings. The third kappa shape index (κ3) is 3.78. The minimum Gasteiger partial charge on any atom is -0.349 e. The van der Waals surface area contributed by atoms with Crippen molar-refractivity contribution in [3.8, 4) is 0 Å². The van der Waals surface area contributed by atoms with Crippen LogP contribution in [0.1, 0.15) is 60.3 Å². The fourth-order valence-corrected chi connectivity index (χ4v) is 6.02. The number of hydrogen-bond donors (Lipinski definition) is 1. The maximum Gasteiger partial charge on any atom is 0.270 e. The molecular weight excluding hydrogens is 406 g/mol. The van der Waals surface area contributed by atoms with Gasteiger partial charge in [0.2, 0.25) is 5.91 Å². The van der Waals surface area contributed by atoms with Crippen LogP contribution in [0.15, 0.2) is 41.8 Å². The van der Waals surface area contributed by atoms with Crippen molar-refractivity contribution in [2.24, 2.45) is 5.92 Å². The quantitative estimate of drug-likeness (QED) is 0.642. The van der Waals surface area contributed by atoms with Crippen LogP contribution >= 0.6 is 11.3 Å². The molecule has 2 amide bonds. The molecule has 5 nitrogen and oxygen atoms in total. The Labute approximate surface area is 187 Å². The van der Waals surface area contributed by atoms with Crippen molar-refractivity contribution in [3.05, 3.63) is 58.6 Å². The average Bonchev–Trinajstić information content (AvgIpc) is 3.40. The molecule has 1 N–H and O–H groups in total. The number of carbonyl (C=O) groups excluding carboxylic acids is 2. The molecule has 0 unspecified atom stereocenters. The summed E-state index contributed by atoms with van der Waals surface area (Å²) in [7, 11) is 0. The number of carbonyl (C=O) groups is 2. The van der Waals surface area contributed by atoms with Gasteiger partial charge in [-0.2, -0.15) is 0 Å². The topological polar surface area (TPSA) is 54.3 Å². The lowest BCUT2D eigenvalue weighted by Gasteiger charge is -2.33. The van der Waals surface area contributed by atoms with Crippen molar-refractivity contribution in [1.29, 1.82) is 0 Å². The van der Waals surface area contributed by atoms with Gasteiger partial charge in [-0.15, -0.1) is 11.3 Å². The van der Waals surface area contributed by atoms with Gasteiger partial charge < -0.3 is 14.8 Å². The van der Waals surface area contributed by atoms with Crippen LogP contribution < -0.4 is 5.32 Å². The van der Waals surface area contributed by atoms with Crippen LogP contribution in [0.5, 0.6) is 0 Å². The first-order valence-corrected chi connectivity index (χ1v) is 12.3. The van der Waals surface area contributed by atoms with Crippen LogP contribution in [-0.4, -0.2) is 34.4 Å². The van der Waals surface area contributed by atoms with Crippen molar-refractivity contribution in [2.45, 2.75) is 51.6 Å². The number of benzene rings is 1. The number of amides is 2. The van der Waals surface area contributed by atoms with E-state index in [1.807, 2.05) is 11.0 Å². The molecule has 0 bridgehead atoms. The van der Waals surface area contributed by atoms with Crippen LogP contribution in [0.2, 0.25) is 0 Å². The summed E-state index contributed by atoms with van der Waals surface area (Å²) in [5.74, 6) is 0.219. The van der Waals surface area contributed by atoms with Crippen LogP contribution in [0.25, 0.3) is 10.2 Å². The Morgan fingerprint density at radius 1 is 1.13 bits per heavy atom. The van der Waals surface area contributed by atoms with Crippen molar-refractivity contribution in [1.82, 2.24) is 14.8 Å². The Morgan fingerprint density at radius 3 is 2.74 bits per heavy atom. The molecule has 162 valence electrons. The molecule has 1 aromatic carbocycles. The molecule has 3 aromatic rings. The Balaban J connectivity index is 1.22. The van der Waals surface area contributed by atoms with E-state index in [2.05, 4.69) is 52.5 Å².